The average Bonchev–Trinajstić information content (AvgIpc) is 3.04. The van der Waals surface area contributed by atoms with Crippen LogP contribution < -0.4 is 0 Å². The molecule has 0 bridgehead atoms. The van der Waals surface area contributed by atoms with Gasteiger partial charge in [-0.25, -0.2) is 0 Å². The van der Waals surface area contributed by atoms with Crippen LogP contribution in [0, 0.1) is 6.92 Å². The zero-order valence-corrected chi connectivity index (χ0v) is 14.4. The van der Waals surface area contributed by atoms with Crippen LogP contribution in [-0.4, -0.2) is 61.4 Å². The lowest BCUT2D eigenvalue weighted by Gasteiger charge is -2.34. The van der Waals surface area contributed by atoms with Crippen molar-refractivity contribution in [2.24, 2.45) is 14.1 Å². The summed E-state index contributed by atoms with van der Waals surface area (Å²) in [5.41, 5.74) is 2.88. The SMILES string of the molecule is Cc1c(CN2CCN(C(=O)c3c(Cl)cnn3C)CC2)cnn1C. The van der Waals surface area contributed by atoms with Crippen LogP contribution >= 0.6 is 11.6 Å². The molecule has 0 N–H and O–H groups in total. The molecule has 2 aromatic rings. The highest BCUT2D eigenvalue weighted by molar-refractivity contribution is 6.33. The lowest BCUT2D eigenvalue weighted by Crippen LogP contribution is -2.48. The Balaban J connectivity index is 1.60. The van der Waals surface area contributed by atoms with E-state index in [2.05, 4.69) is 22.0 Å². The molecule has 1 amide bonds. The quantitative estimate of drug-likeness (QED) is 0.841. The largest absolute Gasteiger partial charge is 0.335 e. The zero-order chi connectivity index (χ0) is 16.6. The van der Waals surface area contributed by atoms with Gasteiger partial charge in [0, 0.05) is 58.1 Å². The van der Waals surface area contributed by atoms with Gasteiger partial charge in [-0.1, -0.05) is 11.6 Å². The molecular formula is C15H21ClN6O. The second kappa shape index (κ2) is 6.33. The molecule has 0 radical (unpaired) electrons. The van der Waals surface area contributed by atoms with Crippen molar-refractivity contribution >= 4 is 17.5 Å². The zero-order valence-electron chi connectivity index (χ0n) is 13.7. The second-order valence-corrected chi connectivity index (χ2v) is 6.32. The van der Waals surface area contributed by atoms with E-state index in [1.165, 1.54) is 22.1 Å². The maximum atomic E-state index is 12.6. The number of rotatable bonds is 3. The predicted octanol–water partition coefficient (Wildman–Crippen LogP) is 1.07. The van der Waals surface area contributed by atoms with Gasteiger partial charge in [-0.15, -0.1) is 0 Å². The van der Waals surface area contributed by atoms with E-state index in [1.807, 2.05) is 22.8 Å². The van der Waals surface area contributed by atoms with Crippen molar-refractivity contribution in [3.8, 4) is 0 Å². The molecule has 7 nitrogen and oxygen atoms in total. The number of hydrogen-bond donors (Lipinski definition) is 0. The van der Waals surface area contributed by atoms with E-state index in [0.29, 0.717) is 23.8 Å². The monoisotopic (exact) mass is 336 g/mol. The third-order valence-electron chi connectivity index (χ3n) is 4.49. The number of hydrogen-bond acceptors (Lipinski definition) is 4. The number of piperazine rings is 1. The van der Waals surface area contributed by atoms with Gasteiger partial charge < -0.3 is 4.90 Å². The number of amides is 1. The van der Waals surface area contributed by atoms with Crippen LogP contribution in [0.4, 0.5) is 0 Å². The van der Waals surface area contributed by atoms with E-state index in [0.717, 1.165) is 19.6 Å². The Morgan fingerprint density at radius 2 is 1.78 bits per heavy atom. The Kier molecular flexibility index (Phi) is 4.41. The van der Waals surface area contributed by atoms with Crippen LogP contribution in [0.3, 0.4) is 0 Å². The van der Waals surface area contributed by atoms with Gasteiger partial charge in [-0.05, 0) is 6.92 Å². The fourth-order valence-corrected chi connectivity index (χ4v) is 3.10. The number of aryl methyl sites for hydroxylation is 2. The van der Waals surface area contributed by atoms with Crippen molar-refractivity contribution in [3.05, 3.63) is 34.4 Å². The number of carbonyl (C=O) groups is 1. The molecule has 124 valence electrons. The first-order chi connectivity index (χ1) is 11.0. The summed E-state index contributed by atoms with van der Waals surface area (Å²) in [6, 6.07) is 0. The highest BCUT2D eigenvalue weighted by Gasteiger charge is 2.26. The molecule has 0 saturated carbocycles. The summed E-state index contributed by atoms with van der Waals surface area (Å²) in [4.78, 5) is 16.8. The van der Waals surface area contributed by atoms with Crippen LogP contribution in [0.15, 0.2) is 12.4 Å². The van der Waals surface area contributed by atoms with Gasteiger partial charge in [0.15, 0.2) is 0 Å². The van der Waals surface area contributed by atoms with Gasteiger partial charge in [-0.2, -0.15) is 10.2 Å². The molecule has 1 saturated heterocycles. The van der Waals surface area contributed by atoms with E-state index >= 15 is 0 Å². The standard InChI is InChI=1S/C15H21ClN6O/c1-11-12(8-17-19(11)2)10-21-4-6-22(7-5-21)15(23)14-13(16)9-18-20(14)3/h8-9H,4-7,10H2,1-3H3. The van der Waals surface area contributed by atoms with Gasteiger partial charge in [0.1, 0.15) is 5.69 Å². The first kappa shape index (κ1) is 16.0. The number of aromatic nitrogens is 4. The maximum absolute atomic E-state index is 12.6. The van der Waals surface area contributed by atoms with Gasteiger partial charge >= 0.3 is 0 Å². The number of nitrogens with zero attached hydrogens (tertiary/aromatic N) is 6. The Morgan fingerprint density at radius 3 is 2.30 bits per heavy atom. The van der Waals surface area contributed by atoms with Gasteiger partial charge in [0.05, 0.1) is 17.4 Å². The summed E-state index contributed by atoms with van der Waals surface area (Å²) in [6.45, 7) is 6.02. The first-order valence-corrected chi connectivity index (χ1v) is 8.01. The van der Waals surface area contributed by atoms with E-state index in [1.54, 1.807) is 7.05 Å². The highest BCUT2D eigenvalue weighted by Crippen LogP contribution is 2.18. The summed E-state index contributed by atoms with van der Waals surface area (Å²) >= 11 is 6.06. The van der Waals surface area contributed by atoms with E-state index in [4.69, 9.17) is 11.6 Å². The topological polar surface area (TPSA) is 59.2 Å². The average molecular weight is 337 g/mol. The van der Waals surface area contributed by atoms with Crippen molar-refractivity contribution in [2.75, 3.05) is 26.2 Å². The second-order valence-electron chi connectivity index (χ2n) is 5.91. The maximum Gasteiger partial charge on any atom is 0.273 e. The predicted molar refractivity (Wildman–Crippen MR) is 87.3 cm³/mol. The summed E-state index contributed by atoms with van der Waals surface area (Å²) in [5.74, 6) is -0.0489. The van der Waals surface area contributed by atoms with Crippen molar-refractivity contribution < 1.29 is 4.79 Å². The summed E-state index contributed by atoms with van der Waals surface area (Å²) in [5, 5.41) is 8.72. The Morgan fingerprint density at radius 1 is 1.13 bits per heavy atom. The number of carbonyl (C=O) groups excluding carboxylic acids is 1. The van der Waals surface area contributed by atoms with Crippen molar-refractivity contribution in [2.45, 2.75) is 13.5 Å². The molecule has 0 aliphatic carbocycles. The van der Waals surface area contributed by atoms with Crippen molar-refractivity contribution in [1.29, 1.82) is 0 Å². The molecule has 0 unspecified atom stereocenters. The molecule has 0 spiro atoms. The lowest BCUT2D eigenvalue weighted by atomic mass is 10.2. The third kappa shape index (κ3) is 3.11. The fourth-order valence-electron chi connectivity index (χ4n) is 2.85. The minimum absolute atomic E-state index is 0.0489. The summed E-state index contributed by atoms with van der Waals surface area (Å²) in [7, 11) is 3.69. The van der Waals surface area contributed by atoms with Crippen LogP contribution in [0.5, 0.6) is 0 Å². The summed E-state index contributed by atoms with van der Waals surface area (Å²) < 4.78 is 3.43. The van der Waals surface area contributed by atoms with Gasteiger partial charge in [0.25, 0.3) is 5.91 Å². The highest BCUT2D eigenvalue weighted by atomic mass is 35.5. The molecule has 2 aromatic heterocycles. The van der Waals surface area contributed by atoms with Crippen molar-refractivity contribution in [1.82, 2.24) is 29.4 Å². The molecule has 1 fully saturated rings. The number of halogens is 1. The molecule has 1 aliphatic rings. The van der Waals surface area contributed by atoms with Crippen LogP contribution in [0.1, 0.15) is 21.7 Å². The van der Waals surface area contributed by atoms with E-state index in [9.17, 15) is 4.79 Å². The molecule has 3 rings (SSSR count). The van der Waals surface area contributed by atoms with Crippen molar-refractivity contribution in [3.63, 3.8) is 0 Å². The Bertz CT molecular complexity index is 694. The fraction of sp³-hybridized carbons (Fsp3) is 0.533. The minimum atomic E-state index is -0.0489. The van der Waals surface area contributed by atoms with Crippen LogP contribution in [0.25, 0.3) is 0 Å². The Hall–Kier alpha value is -1.86. The third-order valence-corrected chi connectivity index (χ3v) is 4.76. The van der Waals surface area contributed by atoms with E-state index in [-0.39, 0.29) is 5.91 Å². The Labute approximate surface area is 140 Å². The molecular weight excluding hydrogens is 316 g/mol. The molecule has 8 heteroatoms. The van der Waals surface area contributed by atoms with Crippen LogP contribution in [0.2, 0.25) is 5.02 Å². The molecule has 23 heavy (non-hydrogen) atoms. The molecule has 3 heterocycles. The first-order valence-electron chi connectivity index (χ1n) is 7.64. The molecule has 0 aromatic carbocycles. The lowest BCUT2D eigenvalue weighted by molar-refractivity contribution is 0.0617. The molecule has 1 aliphatic heterocycles. The minimum Gasteiger partial charge on any atom is -0.335 e. The van der Waals surface area contributed by atoms with E-state index < -0.39 is 0 Å². The van der Waals surface area contributed by atoms with Gasteiger partial charge in [0.2, 0.25) is 0 Å². The molecule has 0 atom stereocenters. The van der Waals surface area contributed by atoms with Crippen LogP contribution in [-0.2, 0) is 20.6 Å². The smallest absolute Gasteiger partial charge is 0.273 e. The summed E-state index contributed by atoms with van der Waals surface area (Å²) in [6.07, 6.45) is 3.43. The van der Waals surface area contributed by atoms with Gasteiger partial charge in [-0.3, -0.25) is 19.1 Å². The normalized spacial score (nSPS) is 16.1.